The number of anilines is 1. The van der Waals surface area contributed by atoms with Gasteiger partial charge in [-0.05, 0) is 30.5 Å². The van der Waals surface area contributed by atoms with Crippen molar-refractivity contribution in [3.05, 3.63) is 60.3 Å². The summed E-state index contributed by atoms with van der Waals surface area (Å²) >= 11 is 0. The molecule has 122 valence electrons. The highest BCUT2D eigenvalue weighted by molar-refractivity contribution is 7.89. The fourth-order valence-corrected chi connectivity index (χ4v) is 4.14. The summed E-state index contributed by atoms with van der Waals surface area (Å²) in [6, 6.07) is 15.4. The van der Waals surface area contributed by atoms with Gasteiger partial charge in [-0.2, -0.15) is 0 Å². The Balaban J connectivity index is 1.53. The normalized spacial score (nSPS) is 18.3. The second kappa shape index (κ2) is 7.10. The lowest BCUT2D eigenvalue weighted by Gasteiger charge is -2.17. The van der Waals surface area contributed by atoms with Crippen molar-refractivity contribution in [1.82, 2.24) is 9.71 Å². The number of nitrogens with zero attached hydrogens (tertiary/aromatic N) is 2. The van der Waals surface area contributed by atoms with Gasteiger partial charge in [0.15, 0.2) is 0 Å². The highest BCUT2D eigenvalue weighted by Crippen LogP contribution is 2.17. The molecule has 1 saturated heterocycles. The monoisotopic (exact) mass is 331 g/mol. The van der Waals surface area contributed by atoms with Gasteiger partial charge in [0.2, 0.25) is 10.0 Å². The second-order valence-electron chi connectivity index (χ2n) is 5.79. The van der Waals surface area contributed by atoms with E-state index >= 15 is 0 Å². The number of aryl methyl sites for hydroxylation is 1. The highest BCUT2D eigenvalue weighted by Gasteiger charge is 2.26. The van der Waals surface area contributed by atoms with Crippen LogP contribution in [-0.4, -0.2) is 38.3 Å². The topological polar surface area (TPSA) is 62.3 Å². The minimum absolute atomic E-state index is 0.0437. The summed E-state index contributed by atoms with van der Waals surface area (Å²) < 4.78 is 27.3. The minimum atomic E-state index is -3.27. The van der Waals surface area contributed by atoms with E-state index in [1.807, 2.05) is 48.5 Å². The lowest BCUT2D eigenvalue weighted by Crippen LogP contribution is -2.38. The molecule has 1 N–H and O–H groups in total. The molecule has 0 amide bonds. The predicted octanol–water partition coefficient (Wildman–Crippen LogP) is 1.82. The van der Waals surface area contributed by atoms with E-state index in [0.717, 1.165) is 24.3 Å². The van der Waals surface area contributed by atoms with Gasteiger partial charge in [-0.1, -0.05) is 36.4 Å². The molecule has 6 heteroatoms. The van der Waals surface area contributed by atoms with Crippen LogP contribution < -0.4 is 9.62 Å². The quantitative estimate of drug-likeness (QED) is 0.877. The van der Waals surface area contributed by atoms with Crippen LogP contribution in [0.3, 0.4) is 0 Å². The van der Waals surface area contributed by atoms with E-state index in [1.165, 1.54) is 0 Å². The Morgan fingerprint density at radius 3 is 2.65 bits per heavy atom. The van der Waals surface area contributed by atoms with Crippen LogP contribution in [0.15, 0.2) is 54.7 Å². The average molecular weight is 331 g/mol. The summed E-state index contributed by atoms with van der Waals surface area (Å²) in [6.45, 7) is 1.49. The molecular formula is C17H21N3O2S. The molecule has 23 heavy (non-hydrogen) atoms. The molecular weight excluding hydrogens is 310 g/mol. The van der Waals surface area contributed by atoms with E-state index in [-0.39, 0.29) is 11.8 Å². The van der Waals surface area contributed by atoms with Gasteiger partial charge in [0, 0.05) is 25.3 Å². The first-order valence-corrected chi connectivity index (χ1v) is 9.47. The fraction of sp³-hybridized carbons (Fsp3) is 0.353. The van der Waals surface area contributed by atoms with Gasteiger partial charge in [-0.3, -0.25) is 0 Å². The molecule has 1 fully saturated rings. The van der Waals surface area contributed by atoms with Crippen LogP contribution in [0.25, 0.3) is 0 Å². The number of benzene rings is 1. The molecule has 0 unspecified atom stereocenters. The molecule has 0 radical (unpaired) electrons. The van der Waals surface area contributed by atoms with Crippen molar-refractivity contribution in [3.8, 4) is 0 Å². The molecule has 1 atom stereocenters. The molecule has 1 aliphatic rings. The largest absolute Gasteiger partial charge is 0.355 e. The number of aromatic nitrogens is 1. The molecule has 0 aliphatic carbocycles. The van der Waals surface area contributed by atoms with E-state index in [1.54, 1.807) is 6.20 Å². The maximum absolute atomic E-state index is 12.3. The molecule has 1 aromatic carbocycles. The average Bonchev–Trinajstić information content (AvgIpc) is 3.03. The van der Waals surface area contributed by atoms with Crippen molar-refractivity contribution in [1.29, 1.82) is 0 Å². The smallest absolute Gasteiger partial charge is 0.212 e. The van der Waals surface area contributed by atoms with Gasteiger partial charge in [0.25, 0.3) is 0 Å². The molecule has 0 saturated carbocycles. The Hall–Kier alpha value is -1.92. The SMILES string of the molecule is O=S(=O)(CCc1ccccc1)N[C@@H]1CCN(c2ccccn2)C1. The number of rotatable bonds is 6. The Morgan fingerprint density at radius 1 is 1.13 bits per heavy atom. The molecule has 0 bridgehead atoms. The Kier molecular flexibility index (Phi) is 4.93. The maximum Gasteiger partial charge on any atom is 0.212 e. The van der Waals surface area contributed by atoms with Gasteiger partial charge in [0.1, 0.15) is 5.82 Å². The highest BCUT2D eigenvalue weighted by atomic mass is 32.2. The van der Waals surface area contributed by atoms with Crippen molar-refractivity contribution >= 4 is 15.8 Å². The van der Waals surface area contributed by atoms with E-state index in [9.17, 15) is 8.42 Å². The Morgan fingerprint density at radius 2 is 1.91 bits per heavy atom. The molecule has 2 aromatic rings. The third kappa shape index (κ3) is 4.53. The molecule has 3 rings (SSSR count). The third-order valence-corrected chi connectivity index (χ3v) is 5.44. The second-order valence-corrected chi connectivity index (χ2v) is 7.67. The van der Waals surface area contributed by atoms with Crippen LogP contribution in [-0.2, 0) is 16.4 Å². The van der Waals surface area contributed by atoms with Gasteiger partial charge >= 0.3 is 0 Å². The van der Waals surface area contributed by atoms with Crippen molar-refractivity contribution in [2.75, 3.05) is 23.7 Å². The van der Waals surface area contributed by atoms with E-state index in [4.69, 9.17) is 0 Å². The Bertz CT molecular complexity index is 720. The summed E-state index contributed by atoms with van der Waals surface area (Å²) in [7, 11) is -3.27. The van der Waals surface area contributed by atoms with Gasteiger partial charge in [-0.15, -0.1) is 0 Å². The standard InChI is InChI=1S/C17H21N3O2S/c21-23(22,13-10-15-6-2-1-3-7-15)19-16-9-12-20(14-16)17-8-4-5-11-18-17/h1-8,11,16,19H,9-10,12-14H2/t16-/m1/s1. The lowest BCUT2D eigenvalue weighted by molar-refractivity contribution is 0.560. The Labute approximate surface area is 137 Å². The van der Waals surface area contributed by atoms with Crippen molar-refractivity contribution < 1.29 is 8.42 Å². The minimum Gasteiger partial charge on any atom is -0.355 e. The van der Waals surface area contributed by atoms with E-state index < -0.39 is 10.0 Å². The number of pyridine rings is 1. The van der Waals surface area contributed by atoms with Crippen molar-refractivity contribution in [2.45, 2.75) is 18.9 Å². The summed E-state index contributed by atoms with van der Waals surface area (Å²) in [5, 5.41) is 0. The van der Waals surface area contributed by atoms with Crippen LogP contribution in [0.4, 0.5) is 5.82 Å². The number of sulfonamides is 1. The molecule has 1 aromatic heterocycles. The first-order chi connectivity index (χ1) is 11.1. The van der Waals surface area contributed by atoms with Crippen LogP contribution in [0.5, 0.6) is 0 Å². The molecule has 1 aliphatic heterocycles. The third-order valence-electron chi connectivity index (χ3n) is 4.01. The zero-order valence-corrected chi connectivity index (χ0v) is 13.7. The summed E-state index contributed by atoms with van der Waals surface area (Å²) in [5.74, 6) is 1.02. The van der Waals surface area contributed by atoms with E-state index in [0.29, 0.717) is 13.0 Å². The van der Waals surface area contributed by atoms with Gasteiger partial charge in [0.05, 0.1) is 5.75 Å². The molecule has 2 heterocycles. The van der Waals surface area contributed by atoms with Crippen LogP contribution in [0, 0.1) is 0 Å². The number of nitrogens with one attached hydrogen (secondary N) is 1. The summed E-state index contributed by atoms with van der Waals surface area (Å²) in [4.78, 5) is 6.43. The van der Waals surface area contributed by atoms with Crippen LogP contribution in [0.2, 0.25) is 0 Å². The number of hydrogen-bond donors (Lipinski definition) is 1. The first kappa shape index (κ1) is 16.0. The fourth-order valence-electron chi connectivity index (χ4n) is 2.82. The van der Waals surface area contributed by atoms with Gasteiger partial charge in [-0.25, -0.2) is 18.1 Å². The molecule has 5 nitrogen and oxygen atoms in total. The number of hydrogen-bond acceptors (Lipinski definition) is 4. The first-order valence-electron chi connectivity index (χ1n) is 7.82. The predicted molar refractivity (Wildman–Crippen MR) is 91.9 cm³/mol. The van der Waals surface area contributed by atoms with Crippen LogP contribution in [0.1, 0.15) is 12.0 Å². The summed E-state index contributed by atoms with van der Waals surface area (Å²) in [6.07, 6.45) is 3.10. The maximum atomic E-state index is 12.3. The van der Waals surface area contributed by atoms with Gasteiger partial charge < -0.3 is 4.90 Å². The van der Waals surface area contributed by atoms with Crippen molar-refractivity contribution in [3.63, 3.8) is 0 Å². The summed E-state index contributed by atoms with van der Waals surface area (Å²) in [5.41, 5.74) is 1.04. The lowest BCUT2D eigenvalue weighted by atomic mass is 10.2. The van der Waals surface area contributed by atoms with E-state index in [2.05, 4.69) is 14.6 Å². The zero-order chi connectivity index (χ0) is 16.1. The van der Waals surface area contributed by atoms with Crippen LogP contribution >= 0.6 is 0 Å². The van der Waals surface area contributed by atoms with Crippen molar-refractivity contribution in [2.24, 2.45) is 0 Å². The zero-order valence-electron chi connectivity index (χ0n) is 12.9. The molecule has 0 spiro atoms.